The zero-order valence-corrected chi connectivity index (χ0v) is 10.8. The van der Waals surface area contributed by atoms with Crippen molar-refractivity contribution in [2.75, 3.05) is 7.11 Å². The first-order valence-corrected chi connectivity index (χ1v) is 5.87. The summed E-state index contributed by atoms with van der Waals surface area (Å²) < 4.78 is 18.3. The standard InChI is InChI=1S/C15H14FNO2/c1-10-3-4-15(19-2)11(5-10)7-14(18)12-6-13(16)9-17-8-12/h3-6,8-9H,7H2,1-2H3. The van der Waals surface area contributed by atoms with Crippen molar-refractivity contribution in [1.82, 2.24) is 4.98 Å². The van der Waals surface area contributed by atoms with Crippen LogP contribution < -0.4 is 4.74 Å². The molecule has 1 heterocycles. The number of aromatic nitrogens is 1. The number of Topliss-reactive ketones (excluding diaryl/α,β-unsaturated/α-hetero) is 1. The van der Waals surface area contributed by atoms with Crippen LogP contribution in [-0.2, 0) is 6.42 Å². The van der Waals surface area contributed by atoms with E-state index < -0.39 is 5.82 Å². The smallest absolute Gasteiger partial charge is 0.169 e. The minimum atomic E-state index is -0.512. The van der Waals surface area contributed by atoms with E-state index in [2.05, 4.69) is 4.98 Å². The van der Waals surface area contributed by atoms with Crippen LogP contribution in [-0.4, -0.2) is 17.9 Å². The van der Waals surface area contributed by atoms with Gasteiger partial charge in [0.1, 0.15) is 11.6 Å². The predicted octanol–water partition coefficient (Wildman–Crippen LogP) is 2.96. The molecule has 0 fully saturated rings. The van der Waals surface area contributed by atoms with Crippen molar-refractivity contribution in [3.05, 3.63) is 59.2 Å². The summed E-state index contributed by atoms with van der Waals surface area (Å²) in [5.74, 6) is -0.0405. The second-order valence-corrected chi connectivity index (χ2v) is 4.31. The molecule has 0 spiro atoms. The van der Waals surface area contributed by atoms with Crippen molar-refractivity contribution in [1.29, 1.82) is 0 Å². The molecular formula is C15H14FNO2. The monoisotopic (exact) mass is 259 g/mol. The molecule has 0 saturated heterocycles. The summed E-state index contributed by atoms with van der Waals surface area (Å²) in [5, 5.41) is 0. The van der Waals surface area contributed by atoms with Gasteiger partial charge in [0, 0.05) is 23.7 Å². The quantitative estimate of drug-likeness (QED) is 0.792. The number of pyridine rings is 1. The zero-order valence-electron chi connectivity index (χ0n) is 10.8. The van der Waals surface area contributed by atoms with Crippen LogP contribution >= 0.6 is 0 Å². The fourth-order valence-corrected chi connectivity index (χ4v) is 1.88. The Morgan fingerprint density at radius 3 is 2.79 bits per heavy atom. The van der Waals surface area contributed by atoms with E-state index in [9.17, 15) is 9.18 Å². The average Bonchev–Trinajstić information content (AvgIpc) is 2.39. The van der Waals surface area contributed by atoms with Crippen molar-refractivity contribution in [3.8, 4) is 5.75 Å². The molecule has 0 aliphatic carbocycles. The van der Waals surface area contributed by atoms with Crippen LogP contribution in [0.15, 0.2) is 36.7 Å². The fourth-order valence-electron chi connectivity index (χ4n) is 1.88. The highest BCUT2D eigenvalue weighted by molar-refractivity contribution is 5.97. The van der Waals surface area contributed by atoms with Gasteiger partial charge in [-0.2, -0.15) is 0 Å². The van der Waals surface area contributed by atoms with Gasteiger partial charge in [-0.15, -0.1) is 0 Å². The Hall–Kier alpha value is -2.23. The van der Waals surface area contributed by atoms with Gasteiger partial charge in [-0.1, -0.05) is 17.7 Å². The fraction of sp³-hybridized carbons (Fsp3) is 0.200. The molecule has 98 valence electrons. The number of aryl methyl sites for hydroxylation is 1. The van der Waals surface area contributed by atoms with Gasteiger partial charge in [0.15, 0.2) is 5.78 Å². The molecule has 0 N–H and O–H groups in total. The van der Waals surface area contributed by atoms with Gasteiger partial charge in [0.25, 0.3) is 0 Å². The maximum Gasteiger partial charge on any atom is 0.169 e. The van der Waals surface area contributed by atoms with Crippen LogP contribution in [0.5, 0.6) is 5.75 Å². The first-order valence-electron chi connectivity index (χ1n) is 5.87. The molecule has 0 unspecified atom stereocenters. The van der Waals surface area contributed by atoms with Crippen LogP contribution in [0.4, 0.5) is 4.39 Å². The van der Waals surface area contributed by atoms with Crippen molar-refractivity contribution in [2.24, 2.45) is 0 Å². The lowest BCUT2D eigenvalue weighted by molar-refractivity contribution is 0.0991. The third-order valence-electron chi connectivity index (χ3n) is 2.81. The second kappa shape index (κ2) is 5.61. The lowest BCUT2D eigenvalue weighted by Crippen LogP contribution is -2.06. The normalized spacial score (nSPS) is 10.3. The van der Waals surface area contributed by atoms with Gasteiger partial charge in [-0.05, 0) is 19.1 Å². The molecule has 0 amide bonds. The van der Waals surface area contributed by atoms with Crippen molar-refractivity contribution in [3.63, 3.8) is 0 Å². The SMILES string of the molecule is COc1ccc(C)cc1CC(=O)c1cncc(F)c1. The summed E-state index contributed by atoms with van der Waals surface area (Å²) in [4.78, 5) is 15.8. The average molecular weight is 259 g/mol. The molecule has 1 aromatic carbocycles. The molecular weight excluding hydrogens is 245 g/mol. The Balaban J connectivity index is 2.26. The molecule has 0 aliphatic heterocycles. The van der Waals surface area contributed by atoms with Crippen LogP contribution in [0.2, 0.25) is 0 Å². The van der Waals surface area contributed by atoms with Gasteiger partial charge in [-0.25, -0.2) is 4.39 Å². The van der Waals surface area contributed by atoms with Crippen LogP contribution in [0.25, 0.3) is 0 Å². The lowest BCUT2D eigenvalue weighted by atomic mass is 10.0. The molecule has 3 nitrogen and oxygen atoms in total. The Kier molecular flexibility index (Phi) is 3.90. The number of halogens is 1. The molecule has 19 heavy (non-hydrogen) atoms. The summed E-state index contributed by atoms with van der Waals surface area (Å²) in [6.07, 6.45) is 2.60. The highest BCUT2D eigenvalue weighted by atomic mass is 19.1. The molecule has 0 radical (unpaired) electrons. The maximum absolute atomic E-state index is 13.0. The first-order chi connectivity index (χ1) is 9.10. The molecule has 0 saturated carbocycles. The Labute approximate surface area is 111 Å². The van der Waals surface area contributed by atoms with Crippen molar-refractivity contribution >= 4 is 5.78 Å². The molecule has 2 rings (SSSR count). The second-order valence-electron chi connectivity index (χ2n) is 4.31. The minimum absolute atomic E-state index is 0.163. The van der Waals surface area contributed by atoms with Gasteiger partial charge in [0.2, 0.25) is 0 Å². The maximum atomic E-state index is 13.0. The van der Waals surface area contributed by atoms with Gasteiger partial charge in [-0.3, -0.25) is 9.78 Å². The third-order valence-corrected chi connectivity index (χ3v) is 2.81. The topological polar surface area (TPSA) is 39.2 Å². The van der Waals surface area contributed by atoms with E-state index in [1.54, 1.807) is 7.11 Å². The van der Waals surface area contributed by atoms with Gasteiger partial charge in [0.05, 0.1) is 13.3 Å². The largest absolute Gasteiger partial charge is 0.496 e. The Bertz CT molecular complexity index is 611. The Morgan fingerprint density at radius 2 is 2.11 bits per heavy atom. The van der Waals surface area contributed by atoms with Crippen molar-refractivity contribution in [2.45, 2.75) is 13.3 Å². The summed E-state index contributed by atoms with van der Waals surface area (Å²) >= 11 is 0. The number of hydrogen-bond donors (Lipinski definition) is 0. The lowest BCUT2D eigenvalue weighted by Gasteiger charge is -2.09. The molecule has 4 heteroatoms. The van der Waals surface area contributed by atoms with Crippen molar-refractivity contribution < 1.29 is 13.9 Å². The summed E-state index contributed by atoms with van der Waals surface area (Å²) in [6, 6.07) is 6.82. The number of ketones is 1. The van der Waals surface area contributed by atoms with Gasteiger partial charge >= 0.3 is 0 Å². The van der Waals surface area contributed by atoms with Crippen LogP contribution in [0.1, 0.15) is 21.5 Å². The van der Waals surface area contributed by atoms with E-state index in [0.29, 0.717) is 5.75 Å². The minimum Gasteiger partial charge on any atom is -0.496 e. The molecule has 2 aromatic rings. The molecule has 0 atom stereocenters. The number of nitrogens with zero attached hydrogens (tertiary/aromatic N) is 1. The summed E-state index contributed by atoms with van der Waals surface area (Å²) in [6.45, 7) is 1.94. The first kappa shape index (κ1) is 13.2. The number of benzene rings is 1. The number of methoxy groups -OCH3 is 1. The Morgan fingerprint density at radius 1 is 1.32 bits per heavy atom. The molecule has 0 aliphatic rings. The van der Waals surface area contributed by atoms with E-state index in [1.807, 2.05) is 25.1 Å². The van der Waals surface area contributed by atoms with Gasteiger partial charge < -0.3 is 4.74 Å². The van der Waals surface area contributed by atoms with E-state index in [0.717, 1.165) is 17.3 Å². The molecule has 1 aromatic heterocycles. The van der Waals surface area contributed by atoms with Crippen LogP contribution in [0.3, 0.4) is 0 Å². The number of carbonyl (C=O) groups excluding carboxylic acids is 1. The number of ether oxygens (including phenoxy) is 1. The highest BCUT2D eigenvalue weighted by Crippen LogP contribution is 2.21. The van der Waals surface area contributed by atoms with E-state index in [4.69, 9.17) is 4.74 Å². The van der Waals surface area contributed by atoms with E-state index >= 15 is 0 Å². The van der Waals surface area contributed by atoms with E-state index in [1.165, 1.54) is 12.3 Å². The molecule has 0 bridgehead atoms. The third kappa shape index (κ3) is 3.16. The number of rotatable bonds is 4. The number of carbonyl (C=O) groups is 1. The number of hydrogen-bond acceptors (Lipinski definition) is 3. The summed E-state index contributed by atoms with van der Waals surface area (Å²) in [7, 11) is 1.56. The summed E-state index contributed by atoms with van der Waals surface area (Å²) in [5.41, 5.74) is 2.10. The van der Waals surface area contributed by atoms with Crippen LogP contribution in [0, 0.1) is 12.7 Å². The van der Waals surface area contributed by atoms with E-state index in [-0.39, 0.29) is 17.8 Å². The highest BCUT2D eigenvalue weighted by Gasteiger charge is 2.12. The zero-order chi connectivity index (χ0) is 13.8. The predicted molar refractivity (Wildman–Crippen MR) is 70.0 cm³/mol.